The zero-order chi connectivity index (χ0) is 15.3. The first-order valence-corrected chi connectivity index (χ1v) is 7.78. The number of halogens is 2. The fourth-order valence-corrected chi connectivity index (χ4v) is 3.17. The lowest BCUT2D eigenvalue weighted by Gasteiger charge is -2.36. The van der Waals surface area contributed by atoms with Crippen molar-refractivity contribution in [3.63, 3.8) is 0 Å². The van der Waals surface area contributed by atoms with E-state index in [2.05, 4.69) is 48.9 Å². The van der Waals surface area contributed by atoms with E-state index >= 15 is 0 Å². The highest BCUT2D eigenvalue weighted by Gasteiger charge is 2.32. The van der Waals surface area contributed by atoms with Gasteiger partial charge in [0.2, 0.25) is 0 Å². The maximum Gasteiger partial charge on any atom is 0.124 e. The van der Waals surface area contributed by atoms with Crippen LogP contribution in [-0.4, -0.2) is 25.8 Å². The Morgan fingerprint density at radius 2 is 1.95 bits per heavy atom. The average molecular weight is 346 g/mol. The van der Waals surface area contributed by atoms with Crippen molar-refractivity contribution < 1.29 is 9.13 Å². The Hall–Kier alpha value is -0.450. The van der Waals surface area contributed by atoms with Crippen LogP contribution >= 0.6 is 15.9 Å². The lowest BCUT2D eigenvalue weighted by Crippen LogP contribution is -2.49. The van der Waals surface area contributed by atoms with Crippen LogP contribution in [0.15, 0.2) is 22.7 Å². The zero-order valence-electron chi connectivity index (χ0n) is 13.0. The molecule has 114 valence electrons. The van der Waals surface area contributed by atoms with Gasteiger partial charge in [-0.3, -0.25) is 0 Å². The van der Waals surface area contributed by atoms with Crippen molar-refractivity contribution in [2.24, 2.45) is 5.41 Å². The van der Waals surface area contributed by atoms with Gasteiger partial charge in [-0.25, -0.2) is 4.39 Å². The highest BCUT2D eigenvalue weighted by Crippen LogP contribution is 2.27. The van der Waals surface area contributed by atoms with Gasteiger partial charge in [0.1, 0.15) is 5.82 Å². The second kappa shape index (κ2) is 7.53. The second-order valence-electron chi connectivity index (χ2n) is 6.17. The summed E-state index contributed by atoms with van der Waals surface area (Å²) < 4.78 is 20.0. The Bertz CT molecular complexity index is 411. The molecule has 0 spiro atoms. The third-order valence-corrected chi connectivity index (χ3v) is 3.78. The minimum atomic E-state index is -0.214. The van der Waals surface area contributed by atoms with Crippen LogP contribution in [0.25, 0.3) is 0 Å². The molecule has 2 atom stereocenters. The molecule has 0 aliphatic heterocycles. The molecule has 1 rings (SSSR count). The number of rotatable bonds is 6. The van der Waals surface area contributed by atoms with E-state index in [-0.39, 0.29) is 23.4 Å². The highest BCUT2D eigenvalue weighted by atomic mass is 79.9. The molecular formula is C16H25BrFNO. The molecule has 4 heteroatoms. The third kappa shape index (κ3) is 5.15. The topological polar surface area (TPSA) is 21.3 Å². The summed E-state index contributed by atoms with van der Waals surface area (Å²) in [5.74, 6) is -0.214. The van der Waals surface area contributed by atoms with Crippen LogP contribution in [0.5, 0.6) is 0 Å². The molecule has 1 aromatic rings. The molecule has 0 bridgehead atoms. The van der Waals surface area contributed by atoms with Gasteiger partial charge in [0.25, 0.3) is 0 Å². The summed E-state index contributed by atoms with van der Waals surface area (Å²) in [7, 11) is 1.74. The van der Waals surface area contributed by atoms with Crippen LogP contribution in [0.3, 0.4) is 0 Å². The van der Waals surface area contributed by atoms with Gasteiger partial charge >= 0.3 is 0 Å². The van der Waals surface area contributed by atoms with Crippen molar-refractivity contribution in [3.05, 3.63) is 34.1 Å². The third-order valence-electron chi connectivity index (χ3n) is 3.32. The summed E-state index contributed by atoms with van der Waals surface area (Å²) in [6.45, 7) is 9.41. The molecule has 0 saturated carbocycles. The van der Waals surface area contributed by atoms with E-state index in [1.807, 2.05) is 6.07 Å². The van der Waals surface area contributed by atoms with E-state index < -0.39 is 0 Å². The molecule has 1 aromatic carbocycles. The average Bonchev–Trinajstić information content (AvgIpc) is 2.26. The normalized spacial score (nSPS) is 15.2. The van der Waals surface area contributed by atoms with Crippen molar-refractivity contribution >= 4 is 15.9 Å². The molecule has 20 heavy (non-hydrogen) atoms. The fraction of sp³-hybridized carbons (Fsp3) is 0.625. The SMILES string of the molecule is CCNC(Cc1cc(F)cc(Br)c1)C(OC)C(C)(C)C. The van der Waals surface area contributed by atoms with Gasteiger partial charge in [-0.1, -0.05) is 43.6 Å². The first-order valence-electron chi connectivity index (χ1n) is 6.99. The number of nitrogens with one attached hydrogen (secondary N) is 1. The minimum absolute atomic E-state index is 0.0200. The number of benzene rings is 1. The van der Waals surface area contributed by atoms with Crippen molar-refractivity contribution in [2.45, 2.75) is 46.3 Å². The molecule has 0 amide bonds. The number of hydrogen-bond acceptors (Lipinski definition) is 2. The molecule has 0 aliphatic carbocycles. The minimum Gasteiger partial charge on any atom is -0.379 e. The summed E-state index contributed by atoms with van der Waals surface area (Å²) in [5.41, 5.74) is 0.987. The van der Waals surface area contributed by atoms with Gasteiger partial charge in [0.05, 0.1) is 6.10 Å². The molecule has 0 heterocycles. The van der Waals surface area contributed by atoms with E-state index in [1.54, 1.807) is 13.2 Å². The van der Waals surface area contributed by atoms with Crippen molar-refractivity contribution in [3.8, 4) is 0 Å². The molecule has 2 unspecified atom stereocenters. The maximum atomic E-state index is 13.5. The fourth-order valence-electron chi connectivity index (χ4n) is 2.65. The smallest absolute Gasteiger partial charge is 0.124 e. The van der Waals surface area contributed by atoms with Gasteiger partial charge in [-0.15, -0.1) is 0 Å². The monoisotopic (exact) mass is 345 g/mol. The molecule has 2 nitrogen and oxygen atoms in total. The summed E-state index contributed by atoms with van der Waals surface area (Å²) in [6.07, 6.45) is 0.796. The van der Waals surface area contributed by atoms with Crippen LogP contribution in [-0.2, 0) is 11.2 Å². The second-order valence-corrected chi connectivity index (χ2v) is 7.08. The Kier molecular flexibility index (Phi) is 6.62. The largest absolute Gasteiger partial charge is 0.379 e. The lowest BCUT2D eigenvalue weighted by atomic mass is 9.82. The number of hydrogen-bond donors (Lipinski definition) is 1. The van der Waals surface area contributed by atoms with Gasteiger partial charge in [-0.05, 0) is 42.1 Å². The van der Waals surface area contributed by atoms with Crippen LogP contribution in [0, 0.1) is 11.2 Å². The number of ether oxygens (including phenoxy) is 1. The molecule has 0 radical (unpaired) electrons. The number of likely N-dealkylation sites (N-methyl/N-ethyl adjacent to an activating group) is 1. The van der Waals surface area contributed by atoms with E-state index in [1.165, 1.54) is 6.07 Å². The van der Waals surface area contributed by atoms with E-state index in [4.69, 9.17) is 4.74 Å². The molecule has 1 N–H and O–H groups in total. The van der Waals surface area contributed by atoms with Crippen molar-refractivity contribution in [1.29, 1.82) is 0 Å². The Labute approximate surface area is 130 Å². The first kappa shape index (κ1) is 17.6. The summed E-state index contributed by atoms with van der Waals surface area (Å²) in [6, 6.07) is 5.18. The molecule has 0 aromatic heterocycles. The molecule has 0 aliphatic rings. The van der Waals surface area contributed by atoms with Crippen molar-refractivity contribution in [2.75, 3.05) is 13.7 Å². The predicted octanol–water partition coefficient (Wildman–Crippen LogP) is 4.17. The molecule has 0 saturated heterocycles. The zero-order valence-corrected chi connectivity index (χ0v) is 14.6. The first-order chi connectivity index (χ1) is 9.27. The quantitative estimate of drug-likeness (QED) is 0.835. The van der Waals surface area contributed by atoms with Gasteiger partial charge in [0, 0.05) is 17.6 Å². The highest BCUT2D eigenvalue weighted by molar-refractivity contribution is 9.10. The van der Waals surface area contributed by atoms with Crippen LogP contribution < -0.4 is 5.32 Å². The summed E-state index contributed by atoms with van der Waals surface area (Å²) >= 11 is 3.34. The van der Waals surface area contributed by atoms with Gasteiger partial charge < -0.3 is 10.1 Å². The lowest BCUT2D eigenvalue weighted by molar-refractivity contribution is -0.0106. The van der Waals surface area contributed by atoms with Crippen LogP contribution in [0.1, 0.15) is 33.3 Å². The number of methoxy groups -OCH3 is 1. The maximum absolute atomic E-state index is 13.5. The summed E-state index contributed by atoms with van der Waals surface area (Å²) in [5, 5.41) is 3.46. The van der Waals surface area contributed by atoms with Crippen LogP contribution in [0.2, 0.25) is 0 Å². The predicted molar refractivity (Wildman–Crippen MR) is 85.5 cm³/mol. The Morgan fingerprint density at radius 1 is 1.30 bits per heavy atom. The van der Waals surface area contributed by atoms with Gasteiger partial charge in [0.15, 0.2) is 0 Å². The van der Waals surface area contributed by atoms with Crippen molar-refractivity contribution in [1.82, 2.24) is 5.32 Å². The Balaban J connectivity index is 2.96. The van der Waals surface area contributed by atoms with E-state index in [0.29, 0.717) is 0 Å². The van der Waals surface area contributed by atoms with E-state index in [9.17, 15) is 4.39 Å². The molecular weight excluding hydrogens is 321 g/mol. The Morgan fingerprint density at radius 3 is 2.40 bits per heavy atom. The van der Waals surface area contributed by atoms with Gasteiger partial charge in [-0.2, -0.15) is 0 Å². The molecule has 0 fully saturated rings. The van der Waals surface area contributed by atoms with E-state index in [0.717, 1.165) is 23.0 Å². The van der Waals surface area contributed by atoms with Crippen LogP contribution in [0.4, 0.5) is 4.39 Å². The standard InChI is InChI=1S/C16H25BrFNO/c1-6-19-14(15(20-5)16(2,3)4)9-11-7-12(17)10-13(18)8-11/h7-8,10,14-15,19H,6,9H2,1-5H3. The summed E-state index contributed by atoms with van der Waals surface area (Å²) in [4.78, 5) is 0.